The molecule has 0 spiro atoms. The summed E-state index contributed by atoms with van der Waals surface area (Å²) in [6.07, 6.45) is 7.34. The van der Waals surface area contributed by atoms with Crippen LogP contribution in [0.5, 0.6) is 0 Å². The van der Waals surface area contributed by atoms with Crippen molar-refractivity contribution in [3.8, 4) is 0 Å². The van der Waals surface area contributed by atoms with Gasteiger partial charge in [-0.25, -0.2) is 0 Å². The highest BCUT2D eigenvalue weighted by Crippen LogP contribution is 2.33. The molecule has 3 rings (SSSR count). The zero-order valence-corrected chi connectivity index (χ0v) is 11.2. The molecule has 1 aliphatic carbocycles. The van der Waals surface area contributed by atoms with Gasteiger partial charge in [0.15, 0.2) is 0 Å². The summed E-state index contributed by atoms with van der Waals surface area (Å²) in [7, 11) is 0. The van der Waals surface area contributed by atoms with Gasteiger partial charge in [-0.05, 0) is 38.5 Å². The van der Waals surface area contributed by atoms with E-state index < -0.39 is 0 Å². The van der Waals surface area contributed by atoms with Gasteiger partial charge in [-0.15, -0.1) is 0 Å². The maximum absolute atomic E-state index is 12.3. The summed E-state index contributed by atoms with van der Waals surface area (Å²) in [6, 6.07) is 0.833. The van der Waals surface area contributed by atoms with E-state index in [4.69, 9.17) is 4.74 Å². The first-order chi connectivity index (χ1) is 8.74. The predicted molar refractivity (Wildman–Crippen MR) is 69.2 cm³/mol. The molecule has 0 aromatic carbocycles. The number of ether oxygens (including phenoxy) is 1. The molecule has 2 saturated heterocycles. The molecule has 102 valence electrons. The maximum Gasteiger partial charge on any atom is 0.237 e. The smallest absolute Gasteiger partial charge is 0.237 e. The van der Waals surface area contributed by atoms with Crippen molar-refractivity contribution < 1.29 is 9.53 Å². The fourth-order valence-corrected chi connectivity index (χ4v) is 3.73. The first-order valence-corrected chi connectivity index (χ1v) is 7.42. The van der Waals surface area contributed by atoms with E-state index in [1.54, 1.807) is 0 Å². The van der Waals surface area contributed by atoms with Gasteiger partial charge in [0.1, 0.15) is 0 Å². The lowest BCUT2D eigenvalue weighted by molar-refractivity contribution is -0.124. The molecule has 3 aliphatic rings. The van der Waals surface area contributed by atoms with E-state index in [-0.39, 0.29) is 24.1 Å². The number of hydrogen-bond donors (Lipinski definition) is 2. The molecular formula is C14H24N2O2. The molecule has 4 nitrogen and oxygen atoms in total. The summed E-state index contributed by atoms with van der Waals surface area (Å²) in [5, 5.41) is 6.68. The van der Waals surface area contributed by atoms with Crippen LogP contribution in [0, 0.1) is 5.92 Å². The average molecular weight is 252 g/mol. The minimum absolute atomic E-state index is 0.0332. The molecule has 0 bridgehead atoms. The highest BCUT2D eigenvalue weighted by Gasteiger charge is 2.39. The van der Waals surface area contributed by atoms with Gasteiger partial charge in [-0.3, -0.25) is 4.79 Å². The summed E-state index contributed by atoms with van der Waals surface area (Å²) in [4.78, 5) is 12.3. The second kappa shape index (κ2) is 5.17. The van der Waals surface area contributed by atoms with Crippen LogP contribution in [0.15, 0.2) is 0 Å². The Bertz CT molecular complexity index is 307. The van der Waals surface area contributed by atoms with Gasteiger partial charge in [0.2, 0.25) is 5.91 Å². The average Bonchev–Trinajstić information content (AvgIpc) is 2.96. The third-order valence-electron chi connectivity index (χ3n) is 4.88. The van der Waals surface area contributed by atoms with Crippen LogP contribution < -0.4 is 10.6 Å². The van der Waals surface area contributed by atoms with Crippen molar-refractivity contribution in [3.63, 3.8) is 0 Å². The van der Waals surface area contributed by atoms with Crippen molar-refractivity contribution in [1.29, 1.82) is 0 Å². The van der Waals surface area contributed by atoms with E-state index in [0.717, 1.165) is 25.4 Å². The van der Waals surface area contributed by atoms with Gasteiger partial charge in [0.05, 0.1) is 18.2 Å². The zero-order chi connectivity index (χ0) is 12.5. The molecule has 4 heteroatoms. The summed E-state index contributed by atoms with van der Waals surface area (Å²) in [6.45, 7) is 2.81. The van der Waals surface area contributed by atoms with Crippen molar-refractivity contribution in [1.82, 2.24) is 10.6 Å². The van der Waals surface area contributed by atoms with Crippen LogP contribution in [0.4, 0.5) is 0 Å². The maximum atomic E-state index is 12.3. The Morgan fingerprint density at radius 2 is 2.11 bits per heavy atom. The summed E-state index contributed by atoms with van der Waals surface area (Å²) in [5.41, 5.74) is 0. The molecule has 5 atom stereocenters. The number of rotatable bonds is 2. The molecule has 1 saturated carbocycles. The van der Waals surface area contributed by atoms with E-state index in [1.165, 1.54) is 25.7 Å². The molecule has 0 radical (unpaired) electrons. The van der Waals surface area contributed by atoms with Crippen molar-refractivity contribution >= 4 is 5.91 Å². The normalized spacial score (nSPS) is 43.7. The number of carbonyl (C=O) groups is 1. The summed E-state index contributed by atoms with van der Waals surface area (Å²) >= 11 is 0. The van der Waals surface area contributed by atoms with E-state index in [9.17, 15) is 4.79 Å². The quantitative estimate of drug-likeness (QED) is 0.776. The molecule has 18 heavy (non-hydrogen) atoms. The van der Waals surface area contributed by atoms with Gasteiger partial charge in [-0.2, -0.15) is 0 Å². The van der Waals surface area contributed by atoms with E-state index in [1.807, 2.05) is 6.92 Å². The van der Waals surface area contributed by atoms with Gasteiger partial charge >= 0.3 is 0 Å². The van der Waals surface area contributed by atoms with Crippen LogP contribution >= 0.6 is 0 Å². The predicted octanol–water partition coefficient (Wildman–Crippen LogP) is 1.20. The van der Waals surface area contributed by atoms with Gasteiger partial charge in [0.25, 0.3) is 0 Å². The lowest BCUT2D eigenvalue weighted by Gasteiger charge is -2.24. The molecule has 2 heterocycles. The molecule has 1 amide bonds. The topological polar surface area (TPSA) is 50.4 Å². The molecule has 5 unspecified atom stereocenters. The first kappa shape index (κ1) is 12.4. The molecule has 0 aromatic heterocycles. The second-order valence-corrected chi connectivity index (χ2v) is 6.09. The first-order valence-electron chi connectivity index (χ1n) is 7.42. The fourth-order valence-electron chi connectivity index (χ4n) is 3.73. The highest BCUT2D eigenvalue weighted by molar-refractivity contribution is 5.82. The number of hydrogen-bond acceptors (Lipinski definition) is 3. The fraction of sp³-hybridized carbons (Fsp3) is 0.929. The minimum Gasteiger partial charge on any atom is -0.376 e. The van der Waals surface area contributed by atoms with Gasteiger partial charge < -0.3 is 15.4 Å². The molecule has 3 fully saturated rings. The molecule has 2 N–H and O–H groups in total. The Balaban J connectivity index is 1.54. The van der Waals surface area contributed by atoms with Crippen LogP contribution in [-0.4, -0.2) is 36.7 Å². The Kier molecular flexibility index (Phi) is 3.57. The molecule has 0 aromatic rings. The van der Waals surface area contributed by atoms with Crippen LogP contribution in [0.1, 0.15) is 45.4 Å². The minimum atomic E-state index is 0.0332. The molecule has 2 aliphatic heterocycles. The van der Waals surface area contributed by atoms with E-state index >= 15 is 0 Å². The third-order valence-corrected chi connectivity index (χ3v) is 4.88. The Labute approximate surface area is 109 Å². The largest absolute Gasteiger partial charge is 0.376 e. The van der Waals surface area contributed by atoms with Crippen LogP contribution in [0.3, 0.4) is 0 Å². The van der Waals surface area contributed by atoms with Crippen LogP contribution in [0.25, 0.3) is 0 Å². The Hall–Kier alpha value is -0.610. The van der Waals surface area contributed by atoms with Crippen molar-refractivity contribution in [2.24, 2.45) is 5.92 Å². The number of amides is 1. The molecular weight excluding hydrogens is 228 g/mol. The summed E-state index contributed by atoms with van der Waals surface area (Å²) < 4.78 is 5.49. The van der Waals surface area contributed by atoms with Crippen LogP contribution in [0.2, 0.25) is 0 Å². The highest BCUT2D eigenvalue weighted by atomic mass is 16.5. The van der Waals surface area contributed by atoms with Crippen LogP contribution in [-0.2, 0) is 9.53 Å². The lowest BCUT2D eigenvalue weighted by atomic mass is 9.85. The monoisotopic (exact) mass is 252 g/mol. The van der Waals surface area contributed by atoms with Gasteiger partial charge in [-0.1, -0.05) is 12.8 Å². The standard InChI is InChI=1S/C14H24N2O2/c1-9-11(6-7-18-9)16-14(17)13-8-10-4-2-3-5-12(10)15-13/h9-13,15H,2-8H2,1H3,(H,16,17). The number of nitrogens with one attached hydrogen (secondary N) is 2. The SMILES string of the molecule is CC1OCCC1NC(=O)C1CC2CCCCC2N1. The van der Waals surface area contributed by atoms with Gasteiger partial charge in [0, 0.05) is 12.6 Å². The Morgan fingerprint density at radius 1 is 1.28 bits per heavy atom. The summed E-state index contributed by atoms with van der Waals surface area (Å²) in [5.74, 6) is 0.915. The second-order valence-electron chi connectivity index (χ2n) is 6.09. The van der Waals surface area contributed by atoms with Crippen molar-refractivity contribution in [2.45, 2.75) is 69.7 Å². The van der Waals surface area contributed by atoms with E-state index in [0.29, 0.717) is 6.04 Å². The lowest BCUT2D eigenvalue weighted by Crippen LogP contribution is -2.48. The Morgan fingerprint density at radius 3 is 2.83 bits per heavy atom. The van der Waals surface area contributed by atoms with Crippen molar-refractivity contribution in [2.75, 3.05) is 6.61 Å². The van der Waals surface area contributed by atoms with E-state index in [2.05, 4.69) is 10.6 Å². The number of fused-ring (bicyclic) bond motifs is 1. The third kappa shape index (κ3) is 2.41. The van der Waals surface area contributed by atoms with Crippen molar-refractivity contribution in [3.05, 3.63) is 0 Å². The zero-order valence-electron chi connectivity index (χ0n) is 11.2. The number of carbonyl (C=O) groups excluding carboxylic acids is 1.